The first kappa shape index (κ1) is 13.5. The monoisotopic (exact) mass is 277 g/mol. The Balaban J connectivity index is 2.11. The van der Waals surface area contributed by atoms with Gasteiger partial charge in [0.25, 0.3) is 0 Å². The molecule has 0 saturated carbocycles. The van der Waals surface area contributed by atoms with Crippen LogP contribution in [0.4, 0.5) is 11.5 Å². The third kappa shape index (κ3) is 3.51. The maximum absolute atomic E-state index is 10.5. The molecular formula is C13H15N3O2S. The summed E-state index contributed by atoms with van der Waals surface area (Å²) in [6.45, 7) is 2.14. The smallest absolute Gasteiger partial charge is 0.363 e. The highest BCUT2D eigenvalue weighted by molar-refractivity contribution is 7.10. The van der Waals surface area contributed by atoms with E-state index in [9.17, 15) is 10.1 Å². The second-order valence-corrected chi connectivity index (χ2v) is 5.14. The molecule has 0 aromatic carbocycles. The van der Waals surface area contributed by atoms with Crippen molar-refractivity contribution in [2.75, 3.05) is 5.32 Å². The zero-order chi connectivity index (χ0) is 13.7. The van der Waals surface area contributed by atoms with Gasteiger partial charge in [-0.1, -0.05) is 19.4 Å². The quantitative estimate of drug-likeness (QED) is 0.640. The largest absolute Gasteiger partial charge is 0.374 e. The molecule has 0 amide bonds. The van der Waals surface area contributed by atoms with E-state index in [1.54, 1.807) is 17.4 Å². The molecule has 0 radical (unpaired) electrons. The van der Waals surface area contributed by atoms with Crippen LogP contribution in [0.25, 0.3) is 0 Å². The minimum absolute atomic E-state index is 0.131. The molecule has 1 atom stereocenters. The number of aromatic nitrogens is 1. The van der Waals surface area contributed by atoms with Crippen molar-refractivity contribution >= 4 is 22.8 Å². The average Bonchev–Trinajstić information content (AvgIpc) is 2.92. The highest BCUT2D eigenvalue weighted by Gasteiger charge is 2.13. The van der Waals surface area contributed by atoms with E-state index >= 15 is 0 Å². The maximum Gasteiger partial charge on any atom is 0.363 e. The van der Waals surface area contributed by atoms with Crippen LogP contribution in [0.1, 0.15) is 30.7 Å². The Labute approximate surface area is 115 Å². The van der Waals surface area contributed by atoms with Gasteiger partial charge >= 0.3 is 5.82 Å². The lowest BCUT2D eigenvalue weighted by molar-refractivity contribution is -0.389. The van der Waals surface area contributed by atoms with Crippen molar-refractivity contribution in [3.05, 3.63) is 50.8 Å². The number of anilines is 1. The average molecular weight is 277 g/mol. The van der Waals surface area contributed by atoms with Crippen LogP contribution in [-0.4, -0.2) is 9.91 Å². The highest BCUT2D eigenvalue weighted by atomic mass is 32.1. The molecule has 0 spiro atoms. The van der Waals surface area contributed by atoms with E-state index in [0.29, 0.717) is 0 Å². The molecule has 0 fully saturated rings. The zero-order valence-electron chi connectivity index (χ0n) is 10.6. The molecule has 0 bridgehead atoms. The van der Waals surface area contributed by atoms with Crippen molar-refractivity contribution in [3.63, 3.8) is 0 Å². The van der Waals surface area contributed by atoms with Gasteiger partial charge in [-0.3, -0.25) is 0 Å². The molecule has 100 valence electrons. The standard InChI is InChI=1S/C13H15N3O2S/c1-2-4-11(12-5-3-8-19-12)15-10-6-7-13(14-9-10)16(17)18/h3,5-9,11,15H,2,4H2,1H3. The number of nitro groups is 1. The van der Waals surface area contributed by atoms with Gasteiger partial charge in [0.15, 0.2) is 6.20 Å². The van der Waals surface area contributed by atoms with Gasteiger partial charge in [-0.25, -0.2) is 0 Å². The van der Waals surface area contributed by atoms with Crippen LogP contribution in [0.5, 0.6) is 0 Å². The Hall–Kier alpha value is -1.95. The second kappa shape index (κ2) is 6.29. The minimum Gasteiger partial charge on any atom is -0.374 e. The minimum atomic E-state index is -0.493. The molecule has 5 nitrogen and oxygen atoms in total. The zero-order valence-corrected chi connectivity index (χ0v) is 11.4. The van der Waals surface area contributed by atoms with Crippen LogP contribution in [0.2, 0.25) is 0 Å². The molecule has 1 unspecified atom stereocenters. The van der Waals surface area contributed by atoms with E-state index in [4.69, 9.17) is 0 Å². The van der Waals surface area contributed by atoms with E-state index in [2.05, 4.69) is 23.3 Å². The number of pyridine rings is 1. The molecule has 19 heavy (non-hydrogen) atoms. The number of hydrogen-bond donors (Lipinski definition) is 1. The van der Waals surface area contributed by atoms with Crippen molar-refractivity contribution in [1.29, 1.82) is 0 Å². The third-order valence-corrected chi connectivity index (χ3v) is 3.73. The van der Waals surface area contributed by atoms with Crippen molar-refractivity contribution in [1.82, 2.24) is 4.98 Å². The Kier molecular flexibility index (Phi) is 4.46. The number of hydrogen-bond acceptors (Lipinski definition) is 5. The van der Waals surface area contributed by atoms with E-state index in [0.717, 1.165) is 18.5 Å². The summed E-state index contributed by atoms with van der Waals surface area (Å²) in [6, 6.07) is 7.46. The maximum atomic E-state index is 10.5. The van der Waals surface area contributed by atoms with Crippen molar-refractivity contribution < 1.29 is 4.92 Å². The second-order valence-electron chi connectivity index (χ2n) is 4.16. The predicted octanol–water partition coefficient (Wildman–Crippen LogP) is 4.00. The number of nitrogens with one attached hydrogen (secondary N) is 1. The molecular weight excluding hydrogens is 262 g/mol. The molecule has 0 aliphatic carbocycles. The summed E-state index contributed by atoms with van der Waals surface area (Å²) >= 11 is 1.71. The molecule has 0 saturated heterocycles. The Bertz CT molecular complexity index is 525. The van der Waals surface area contributed by atoms with Crippen LogP contribution in [-0.2, 0) is 0 Å². The summed E-state index contributed by atoms with van der Waals surface area (Å²) in [4.78, 5) is 15.1. The third-order valence-electron chi connectivity index (χ3n) is 2.74. The van der Waals surface area contributed by atoms with Gasteiger partial charge in [0.05, 0.1) is 11.7 Å². The topological polar surface area (TPSA) is 68.1 Å². The van der Waals surface area contributed by atoms with E-state index < -0.39 is 4.92 Å². The van der Waals surface area contributed by atoms with Crippen molar-refractivity contribution in [2.24, 2.45) is 0 Å². The lowest BCUT2D eigenvalue weighted by Crippen LogP contribution is -2.09. The lowest BCUT2D eigenvalue weighted by Gasteiger charge is -2.17. The van der Waals surface area contributed by atoms with Gasteiger partial charge in [0, 0.05) is 10.9 Å². The molecule has 0 aliphatic heterocycles. The van der Waals surface area contributed by atoms with Gasteiger partial charge in [-0.2, -0.15) is 0 Å². The summed E-state index contributed by atoms with van der Waals surface area (Å²) in [5, 5.41) is 16.0. The fraction of sp³-hybridized carbons (Fsp3) is 0.308. The fourth-order valence-electron chi connectivity index (χ4n) is 1.84. The van der Waals surface area contributed by atoms with Crippen LogP contribution in [0.15, 0.2) is 35.8 Å². The highest BCUT2D eigenvalue weighted by Crippen LogP contribution is 2.27. The van der Waals surface area contributed by atoms with Gasteiger partial charge < -0.3 is 15.4 Å². The Morgan fingerprint density at radius 1 is 1.47 bits per heavy atom. The van der Waals surface area contributed by atoms with Gasteiger partial charge in [-0.15, -0.1) is 11.3 Å². The summed E-state index contributed by atoms with van der Waals surface area (Å²) in [6.07, 6.45) is 3.59. The van der Waals surface area contributed by atoms with Crippen LogP contribution < -0.4 is 5.32 Å². The van der Waals surface area contributed by atoms with Gasteiger partial charge in [0.2, 0.25) is 0 Å². The van der Waals surface area contributed by atoms with E-state index in [1.165, 1.54) is 17.1 Å². The first-order valence-corrected chi connectivity index (χ1v) is 6.99. The van der Waals surface area contributed by atoms with Crippen LogP contribution in [0, 0.1) is 10.1 Å². The molecule has 0 aliphatic rings. The molecule has 2 rings (SSSR count). The normalized spacial score (nSPS) is 12.1. The van der Waals surface area contributed by atoms with Crippen LogP contribution >= 0.6 is 11.3 Å². The lowest BCUT2D eigenvalue weighted by atomic mass is 10.1. The molecule has 1 N–H and O–H groups in total. The van der Waals surface area contributed by atoms with Crippen molar-refractivity contribution in [2.45, 2.75) is 25.8 Å². The van der Waals surface area contributed by atoms with E-state index in [1.807, 2.05) is 11.4 Å². The Morgan fingerprint density at radius 3 is 2.84 bits per heavy atom. The summed E-state index contributed by atoms with van der Waals surface area (Å²) in [5.41, 5.74) is 0.803. The number of rotatable bonds is 6. The fourth-order valence-corrected chi connectivity index (χ4v) is 2.66. The number of nitrogens with zero attached hydrogens (tertiary/aromatic N) is 2. The summed E-state index contributed by atoms with van der Waals surface area (Å²) in [5.74, 6) is -0.131. The van der Waals surface area contributed by atoms with Gasteiger partial charge in [0.1, 0.15) is 0 Å². The van der Waals surface area contributed by atoms with Crippen LogP contribution in [0.3, 0.4) is 0 Å². The SMILES string of the molecule is CCCC(Nc1ccc([N+](=O)[O-])nc1)c1cccs1. The Morgan fingerprint density at radius 2 is 2.32 bits per heavy atom. The summed E-state index contributed by atoms with van der Waals surface area (Å²) < 4.78 is 0. The summed E-state index contributed by atoms with van der Waals surface area (Å²) in [7, 11) is 0. The van der Waals surface area contributed by atoms with Crippen molar-refractivity contribution in [3.8, 4) is 0 Å². The predicted molar refractivity (Wildman–Crippen MR) is 76.5 cm³/mol. The first-order chi connectivity index (χ1) is 9.20. The van der Waals surface area contributed by atoms with Gasteiger partial charge in [-0.05, 0) is 33.8 Å². The molecule has 2 aromatic heterocycles. The number of thiophene rings is 1. The van der Waals surface area contributed by atoms with E-state index in [-0.39, 0.29) is 11.9 Å². The first-order valence-electron chi connectivity index (χ1n) is 6.11. The molecule has 2 heterocycles. The molecule has 2 aromatic rings. The molecule has 6 heteroatoms.